The molecule has 0 radical (unpaired) electrons. The summed E-state index contributed by atoms with van der Waals surface area (Å²) in [5.41, 5.74) is 1.42. The summed E-state index contributed by atoms with van der Waals surface area (Å²) in [4.78, 5) is 12.2. The number of carboxylic acid groups (broad SMARTS) is 1. The number of ether oxygens (including phenoxy) is 2. The zero-order chi connectivity index (χ0) is 29.3. The van der Waals surface area contributed by atoms with Crippen molar-refractivity contribution in [3.8, 4) is 17.2 Å². The standard InChI is InChI=1S/C25H23ClF3N7O4S/c1-39-17-5-3-4-14(21(17)40-2)22-15-12-13(26)6-7-16(15)36-23(31-32-24(36)25(27,28)29)18(41-22)10-11-35-33-19(30-34-35)8-9-20(37)38/h3-7,12,18,22H,8-11H2,1-2H3,(H,37,38)/t18-,22-/m1/s1. The van der Waals surface area contributed by atoms with Gasteiger partial charge in [-0.15, -0.1) is 32.2 Å². The number of nitrogens with zero attached hydrogens (tertiary/aromatic N) is 7. The van der Waals surface area contributed by atoms with E-state index in [1.165, 1.54) is 42.9 Å². The van der Waals surface area contributed by atoms with Crippen molar-refractivity contribution in [3.63, 3.8) is 0 Å². The number of halogens is 4. The number of hydrogen-bond acceptors (Lipinski definition) is 9. The Morgan fingerprint density at radius 1 is 1.12 bits per heavy atom. The average Bonchev–Trinajstić information content (AvgIpc) is 3.56. The SMILES string of the molecule is COc1cccc([C@H]2S[C@H](CCn3nnc(CCC(=O)O)n3)c3nnc(C(F)(F)F)n3-c3ccc(Cl)cc32)c1OC. The number of carboxylic acids is 1. The Kier molecular flexibility index (Phi) is 8.09. The van der Waals surface area contributed by atoms with E-state index in [9.17, 15) is 18.0 Å². The number of carbonyl (C=O) groups is 1. The van der Waals surface area contributed by atoms with Crippen LogP contribution < -0.4 is 9.47 Å². The molecule has 1 aliphatic heterocycles. The first kappa shape index (κ1) is 28.7. The van der Waals surface area contributed by atoms with Crippen molar-refractivity contribution in [1.82, 2.24) is 35.0 Å². The number of hydrogen-bond donors (Lipinski definition) is 1. The molecule has 0 saturated carbocycles. The third-order valence-corrected chi connectivity index (χ3v) is 8.20. The molecule has 0 bridgehead atoms. The highest BCUT2D eigenvalue weighted by Gasteiger charge is 2.43. The van der Waals surface area contributed by atoms with E-state index in [-0.39, 0.29) is 43.1 Å². The number of aryl methyl sites for hydroxylation is 2. The lowest BCUT2D eigenvalue weighted by atomic mass is 10.0. The molecule has 2 aromatic heterocycles. The molecule has 41 heavy (non-hydrogen) atoms. The largest absolute Gasteiger partial charge is 0.493 e. The number of rotatable bonds is 9. The highest BCUT2D eigenvalue weighted by Crippen LogP contribution is 2.54. The Morgan fingerprint density at radius 3 is 2.63 bits per heavy atom. The van der Waals surface area contributed by atoms with E-state index in [4.69, 9.17) is 26.2 Å². The molecule has 5 rings (SSSR count). The van der Waals surface area contributed by atoms with Gasteiger partial charge in [-0.2, -0.15) is 18.0 Å². The number of alkyl halides is 3. The Hall–Kier alpha value is -3.85. The van der Waals surface area contributed by atoms with Gasteiger partial charge in [-0.05, 0) is 41.5 Å². The quantitative estimate of drug-likeness (QED) is 0.279. The summed E-state index contributed by atoms with van der Waals surface area (Å²) in [6, 6.07) is 10.0. The van der Waals surface area contributed by atoms with Crippen LogP contribution in [0.5, 0.6) is 11.5 Å². The molecule has 0 spiro atoms. The molecule has 16 heteroatoms. The van der Waals surface area contributed by atoms with Crippen LogP contribution in [0.1, 0.15) is 51.9 Å². The van der Waals surface area contributed by atoms with E-state index in [2.05, 4.69) is 25.6 Å². The summed E-state index contributed by atoms with van der Waals surface area (Å²) in [6.07, 6.45) is -4.58. The first-order valence-corrected chi connectivity index (χ1v) is 13.6. The van der Waals surface area contributed by atoms with Gasteiger partial charge in [0.15, 0.2) is 23.1 Å². The van der Waals surface area contributed by atoms with Crippen LogP contribution in [0.2, 0.25) is 5.02 Å². The van der Waals surface area contributed by atoms with Gasteiger partial charge in [0.25, 0.3) is 0 Å². The fourth-order valence-electron chi connectivity index (χ4n) is 4.64. The van der Waals surface area contributed by atoms with Crippen molar-refractivity contribution in [2.75, 3.05) is 14.2 Å². The van der Waals surface area contributed by atoms with E-state index in [1.54, 1.807) is 18.2 Å². The van der Waals surface area contributed by atoms with Gasteiger partial charge < -0.3 is 14.6 Å². The summed E-state index contributed by atoms with van der Waals surface area (Å²) >= 11 is 7.74. The minimum absolute atomic E-state index is 0.0986. The summed E-state index contributed by atoms with van der Waals surface area (Å²) in [7, 11) is 3.00. The molecule has 0 amide bonds. The second kappa shape index (κ2) is 11.6. The molecule has 2 aromatic carbocycles. The predicted octanol–water partition coefficient (Wildman–Crippen LogP) is 4.93. The first-order chi connectivity index (χ1) is 19.6. The van der Waals surface area contributed by atoms with Crippen molar-refractivity contribution in [3.05, 3.63) is 70.0 Å². The number of tetrazole rings is 1. The van der Waals surface area contributed by atoms with Crippen molar-refractivity contribution in [2.24, 2.45) is 0 Å². The summed E-state index contributed by atoms with van der Waals surface area (Å²) in [6.45, 7) is 0.172. The smallest absolute Gasteiger partial charge is 0.452 e. The Labute approximate surface area is 240 Å². The van der Waals surface area contributed by atoms with E-state index >= 15 is 0 Å². The number of para-hydroxylation sites is 1. The molecule has 1 aliphatic rings. The summed E-state index contributed by atoms with van der Waals surface area (Å²) in [5, 5.41) is 27.7. The van der Waals surface area contributed by atoms with Crippen molar-refractivity contribution >= 4 is 29.3 Å². The van der Waals surface area contributed by atoms with Gasteiger partial charge in [0.1, 0.15) is 0 Å². The van der Waals surface area contributed by atoms with E-state index < -0.39 is 28.5 Å². The van der Waals surface area contributed by atoms with Crippen LogP contribution >= 0.6 is 23.4 Å². The van der Waals surface area contributed by atoms with Gasteiger partial charge in [-0.3, -0.25) is 9.36 Å². The fourth-order valence-corrected chi connectivity index (χ4v) is 6.33. The maximum atomic E-state index is 14.2. The third kappa shape index (κ3) is 5.81. The van der Waals surface area contributed by atoms with Crippen LogP contribution in [-0.2, 0) is 23.9 Å². The Bertz CT molecular complexity index is 1580. The predicted molar refractivity (Wildman–Crippen MR) is 141 cm³/mol. The number of benzene rings is 2. The number of thioether (sulfide) groups is 1. The molecule has 0 unspecified atom stereocenters. The lowest BCUT2D eigenvalue weighted by Crippen LogP contribution is -2.16. The van der Waals surface area contributed by atoms with E-state index in [1.807, 2.05) is 6.07 Å². The molecule has 0 fully saturated rings. The Balaban J connectivity index is 1.61. The Morgan fingerprint density at radius 2 is 1.93 bits per heavy atom. The van der Waals surface area contributed by atoms with Crippen LogP contribution in [0.4, 0.5) is 13.2 Å². The molecule has 0 aliphatic carbocycles. The van der Waals surface area contributed by atoms with Crippen LogP contribution in [0, 0.1) is 0 Å². The molecule has 3 heterocycles. The normalized spacial score (nSPS) is 16.5. The molecule has 216 valence electrons. The highest BCUT2D eigenvalue weighted by atomic mass is 35.5. The van der Waals surface area contributed by atoms with Gasteiger partial charge in [0.2, 0.25) is 5.82 Å². The fraction of sp³-hybridized carbons (Fsp3) is 0.360. The van der Waals surface area contributed by atoms with Crippen molar-refractivity contribution in [2.45, 2.75) is 42.5 Å². The third-order valence-electron chi connectivity index (χ3n) is 6.41. The second-order valence-electron chi connectivity index (χ2n) is 8.99. The van der Waals surface area contributed by atoms with Crippen molar-refractivity contribution in [1.29, 1.82) is 0 Å². The summed E-state index contributed by atoms with van der Waals surface area (Å²) in [5.74, 6) is -0.895. The lowest BCUT2D eigenvalue weighted by molar-refractivity contribution is -0.146. The highest BCUT2D eigenvalue weighted by molar-refractivity contribution is 8.00. The molecule has 2 atom stereocenters. The maximum Gasteiger partial charge on any atom is 0.452 e. The van der Waals surface area contributed by atoms with Crippen LogP contribution in [0.15, 0.2) is 36.4 Å². The number of fused-ring (bicyclic) bond motifs is 3. The summed E-state index contributed by atoms with van der Waals surface area (Å²) < 4.78 is 54.8. The second-order valence-corrected chi connectivity index (χ2v) is 10.7. The topological polar surface area (TPSA) is 130 Å². The van der Waals surface area contributed by atoms with Crippen LogP contribution in [0.3, 0.4) is 0 Å². The molecule has 1 N–H and O–H groups in total. The van der Waals surface area contributed by atoms with E-state index in [0.29, 0.717) is 27.6 Å². The van der Waals surface area contributed by atoms with Crippen LogP contribution in [0.25, 0.3) is 5.69 Å². The number of aliphatic carboxylic acids is 1. The minimum atomic E-state index is -4.78. The molecular formula is C25H23ClF3N7O4S. The molecule has 11 nitrogen and oxygen atoms in total. The monoisotopic (exact) mass is 609 g/mol. The average molecular weight is 610 g/mol. The van der Waals surface area contributed by atoms with Crippen molar-refractivity contribution < 1.29 is 32.5 Å². The van der Waals surface area contributed by atoms with Crippen LogP contribution in [-0.4, -0.2) is 60.3 Å². The molecule has 0 saturated heterocycles. The molecular weight excluding hydrogens is 587 g/mol. The maximum absolute atomic E-state index is 14.2. The van der Waals surface area contributed by atoms with Gasteiger partial charge in [-0.1, -0.05) is 23.7 Å². The van der Waals surface area contributed by atoms with Gasteiger partial charge in [0.05, 0.1) is 43.4 Å². The lowest BCUT2D eigenvalue weighted by Gasteiger charge is -2.24. The molecule has 4 aromatic rings. The zero-order valence-electron chi connectivity index (χ0n) is 21.7. The number of aromatic nitrogens is 7. The number of methoxy groups -OCH3 is 2. The van der Waals surface area contributed by atoms with Gasteiger partial charge in [-0.25, -0.2) is 0 Å². The zero-order valence-corrected chi connectivity index (χ0v) is 23.2. The first-order valence-electron chi connectivity index (χ1n) is 12.3. The minimum Gasteiger partial charge on any atom is -0.493 e. The van der Waals surface area contributed by atoms with E-state index in [0.717, 1.165) is 4.57 Å². The van der Waals surface area contributed by atoms with Gasteiger partial charge >= 0.3 is 12.1 Å². The van der Waals surface area contributed by atoms with Gasteiger partial charge in [0, 0.05) is 17.0 Å².